The van der Waals surface area contributed by atoms with E-state index in [1.807, 2.05) is 24.3 Å². The number of para-hydroxylation sites is 1. The fraction of sp³-hybridized carbons (Fsp3) is 0.405. The van der Waals surface area contributed by atoms with E-state index < -0.39 is 47.6 Å². The molecular weight excluding hydrogens is 729 g/mol. The number of hydrogen-bond donors (Lipinski definition) is 6. The third-order valence-electron chi connectivity index (χ3n) is 9.29. The Kier molecular flexibility index (Phi) is 13.8. The van der Waals surface area contributed by atoms with Crippen LogP contribution in [0.25, 0.3) is 10.9 Å². The molecule has 0 saturated carbocycles. The summed E-state index contributed by atoms with van der Waals surface area (Å²) in [7, 11) is 1.49. The highest BCUT2D eigenvalue weighted by molar-refractivity contribution is 7.99. The molecule has 0 bridgehead atoms. The van der Waals surface area contributed by atoms with Gasteiger partial charge in [-0.05, 0) is 86.1 Å². The summed E-state index contributed by atoms with van der Waals surface area (Å²) in [4.78, 5) is 52.2. The Bertz CT molecular complexity index is 1910. The quantitative estimate of drug-likeness (QED) is 0.131. The lowest BCUT2D eigenvalue weighted by molar-refractivity contribution is -0.142. The lowest BCUT2D eigenvalue weighted by Crippen LogP contribution is -2.57. The van der Waals surface area contributed by atoms with Gasteiger partial charge >= 0.3 is 6.18 Å². The summed E-state index contributed by atoms with van der Waals surface area (Å²) in [6.07, 6.45) is 2.60. The Hall–Kier alpha value is -4.15. The maximum Gasteiger partial charge on any atom is 0.416 e. The van der Waals surface area contributed by atoms with Gasteiger partial charge in [0.1, 0.15) is 12.1 Å². The maximum atomic E-state index is 14.4. The number of nitrogens with one attached hydrogen (secondary N) is 4. The minimum atomic E-state index is -4.70. The van der Waals surface area contributed by atoms with Crippen molar-refractivity contribution in [3.8, 4) is 0 Å². The van der Waals surface area contributed by atoms with E-state index in [1.165, 1.54) is 11.9 Å². The average Bonchev–Trinajstić information content (AvgIpc) is 3.55. The van der Waals surface area contributed by atoms with Crippen molar-refractivity contribution in [2.75, 3.05) is 20.1 Å². The molecule has 53 heavy (non-hydrogen) atoms. The molecule has 5 rings (SSSR count). The normalized spacial score (nSPS) is 19.3. The van der Waals surface area contributed by atoms with Crippen molar-refractivity contribution in [3.05, 3.63) is 88.3 Å². The van der Waals surface area contributed by atoms with Crippen LogP contribution >= 0.6 is 23.4 Å². The van der Waals surface area contributed by atoms with Crippen LogP contribution in [0.3, 0.4) is 0 Å². The van der Waals surface area contributed by atoms with Crippen LogP contribution in [0.4, 0.5) is 13.2 Å². The fourth-order valence-corrected chi connectivity index (χ4v) is 7.71. The van der Waals surface area contributed by atoms with Crippen molar-refractivity contribution in [2.45, 2.75) is 85.7 Å². The fourth-order valence-electron chi connectivity index (χ4n) is 6.33. The number of likely N-dealkylation sites (N-methyl/N-ethyl adjacent to an activating group) is 1. The van der Waals surface area contributed by atoms with Crippen LogP contribution in [0.1, 0.15) is 54.4 Å². The first-order chi connectivity index (χ1) is 25.4. The van der Waals surface area contributed by atoms with Crippen LogP contribution in [0, 0.1) is 0 Å². The van der Waals surface area contributed by atoms with Gasteiger partial charge in [-0.2, -0.15) is 13.2 Å². The minimum absolute atomic E-state index is 0.0769. The van der Waals surface area contributed by atoms with E-state index >= 15 is 0 Å². The lowest BCUT2D eigenvalue weighted by atomic mass is 10.0. The second-order valence-corrected chi connectivity index (χ2v) is 14.4. The van der Waals surface area contributed by atoms with Crippen molar-refractivity contribution in [1.29, 1.82) is 0 Å². The molecule has 11 nitrogen and oxygen atoms in total. The van der Waals surface area contributed by atoms with Gasteiger partial charge < -0.3 is 37.3 Å². The highest BCUT2D eigenvalue weighted by Crippen LogP contribution is 2.41. The van der Waals surface area contributed by atoms with Gasteiger partial charge in [0.25, 0.3) is 0 Å². The summed E-state index contributed by atoms with van der Waals surface area (Å²) in [5.74, 6) is -1.50. The summed E-state index contributed by atoms with van der Waals surface area (Å²) < 4.78 is 42.2. The number of hydrogen-bond acceptors (Lipinski definition) is 8. The number of fused-ring (bicyclic) bond motifs is 3. The van der Waals surface area contributed by atoms with Crippen molar-refractivity contribution < 1.29 is 27.6 Å². The molecule has 0 radical (unpaired) electrons. The maximum absolute atomic E-state index is 14.4. The molecule has 4 aromatic rings. The zero-order chi connectivity index (χ0) is 38.1. The number of halogens is 4. The number of aromatic nitrogens is 2. The van der Waals surface area contributed by atoms with Crippen LogP contribution in [-0.4, -0.2) is 70.9 Å². The monoisotopic (exact) mass is 772 g/mol. The number of amides is 3. The molecule has 3 heterocycles. The number of rotatable bonds is 9. The number of carbonyl (C=O) groups excluding carboxylic acids is 3. The number of alkyl halides is 3. The van der Waals surface area contributed by atoms with Gasteiger partial charge in [-0.3, -0.25) is 19.4 Å². The van der Waals surface area contributed by atoms with E-state index in [4.69, 9.17) is 23.1 Å². The molecule has 0 saturated heterocycles. The molecule has 0 unspecified atom stereocenters. The van der Waals surface area contributed by atoms with Crippen molar-refractivity contribution in [1.82, 2.24) is 30.8 Å². The molecule has 16 heteroatoms. The predicted molar refractivity (Wildman–Crippen MR) is 199 cm³/mol. The Morgan fingerprint density at radius 1 is 0.962 bits per heavy atom. The number of H-pyrrole nitrogens is 1. The molecule has 1 aliphatic rings. The van der Waals surface area contributed by atoms with Gasteiger partial charge in [0, 0.05) is 65.8 Å². The second kappa shape index (κ2) is 18.3. The predicted octanol–water partition coefficient (Wildman–Crippen LogP) is 4.90. The third kappa shape index (κ3) is 10.1. The van der Waals surface area contributed by atoms with Crippen LogP contribution in [0.2, 0.25) is 5.02 Å². The molecule has 2 aromatic carbocycles. The molecule has 0 aliphatic carbocycles. The van der Waals surface area contributed by atoms with Gasteiger partial charge in [-0.1, -0.05) is 41.6 Å². The molecule has 8 N–H and O–H groups in total. The Labute approximate surface area is 315 Å². The van der Waals surface area contributed by atoms with Gasteiger partial charge in [-0.15, -0.1) is 0 Å². The topological polar surface area (TPSA) is 171 Å². The number of nitrogens with two attached hydrogens (primary N) is 2. The number of pyridine rings is 1. The van der Waals surface area contributed by atoms with Crippen LogP contribution < -0.4 is 27.4 Å². The third-order valence-corrected chi connectivity index (χ3v) is 11.0. The summed E-state index contributed by atoms with van der Waals surface area (Å²) >= 11 is 7.71. The Balaban J connectivity index is 1.61. The summed E-state index contributed by atoms with van der Waals surface area (Å²) in [6, 6.07) is 8.20. The van der Waals surface area contributed by atoms with Crippen LogP contribution in [-0.2, 0) is 40.1 Å². The van der Waals surface area contributed by atoms with E-state index in [9.17, 15) is 27.6 Å². The molecule has 0 fully saturated rings. The molecule has 0 spiro atoms. The smallest absolute Gasteiger partial charge is 0.361 e. The van der Waals surface area contributed by atoms with Gasteiger partial charge in [-0.25, -0.2) is 0 Å². The van der Waals surface area contributed by atoms with Gasteiger partial charge in [0.05, 0.1) is 16.6 Å². The number of unbranched alkanes of at least 4 members (excludes halogenated alkanes) is 1. The van der Waals surface area contributed by atoms with E-state index in [0.29, 0.717) is 54.1 Å². The van der Waals surface area contributed by atoms with E-state index in [0.717, 1.165) is 40.4 Å². The molecule has 3 amide bonds. The number of benzene rings is 2. The van der Waals surface area contributed by atoms with Crippen LogP contribution in [0.5, 0.6) is 0 Å². The first kappa shape index (κ1) is 40.0. The molecular formula is C37H44ClF3N8O3S. The SMILES string of the molecule is CN1C(=O)[C@H](CCCCN)NC(=O)[C@H](CCCN)NCc2cnccc2Sc2c(Cl)cc(C(F)(F)F)cc2CNC(=O)[C@@H]1Cc1c[nH]c2ccccc12. The number of aromatic amines is 1. The zero-order valence-corrected chi connectivity index (χ0v) is 30.8. The minimum Gasteiger partial charge on any atom is -0.361 e. The van der Waals surface area contributed by atoms with Crippen molar-refractivity contribution in [2.24, 2.45) is 11.5 Å². The molecule has 2 aromatic heterocycles. The zero-order valence-electron chi connectivity index (χ0n) is 29.3. The standard InChI is InChI=1S/C37H44ClF3N8O3S/c1-49-31(16-22-19-45-28-8-3-2-7-26(22)28)35(51)47-20-23-15-25(37(39,40)41)17-27(38)33(23)53-32-11-14-44-18-24(32)21-46-29(10-6-13-43)34(50)48-30(36(49)52)9-4-5-12-42/h2-3,7-8,11,14-15,17-19,29-31,45-46H,4-6,9-10,12-13,16,20-21,42-43H2,1H3,(H,47,51)(H,48,50)/t29-,30-,31-/m0/s1. The summed E-state index contributed by atoms with van der Waals surface area (Å²) in [5.41, 5.74) is 13.0. The summed E-state index contributed by atoms with van der Waals surface area (Å²) in [5, 5.41) is 9.73. The van der Waals surface area contributed by atoms with E-state index in [1.54, 1.807) is 24.7 Å². The largest absolute Gasteiger partial charge is 0.416 e. The summed E-state index contributed by atoms with van der Waals surface area (Å²) in [6.45, 7) is 0.583. The van der Waals surface area contributed by atoms with Crippen molar-refractivity contribution in [3.63, 3.8) is 0 Å². The van der Waals surface area contributed by atoms with Gasteiger partial charge in [0.15, 0.2) is 0 Å². The molecule has 3 atom stereocenters. The lowest BCUT2D eigenvalue weighted by Gasteiger charge is -2.32. The first-order valence-electron chi connectivity index (χ1n) is 17.4. The van der Waals surface area contributed by atoms with Gasteiger partial charge in [0.2, 0.25) is 17.7 Å². The Morgan fingerprint density at radius 3 is 2.47 bits per heavy atom. The number of carbonyl (C=O) groups is 3. The van der Waals surface area contributed by atoms with E-state index in [2.05, 4.69) is 25.9 Å². The Morgan fingerprint density at radius 2 is 1.72 bits per heavy atom. The molecule has 1 aliphatic heterocycles. The van der Waals surface area contributed by atoms with E-state index in [-0.39, 0.29) is 36.5 Å². The highest BCUT2D eigenvalue weighted by atomic mass is 35.5. The molecule has 284 valence electrons. The average molecular weight is 773 g/mol. The highest BCUT2D eigenvalue weighted by Gasteiger charge is 2.35. The van der Waals surface area contributed by atoms with Crippen molar-refractivity contribution >= 4 is 52.0 Å². The first-order valence-corrected chi connectivity index (χ1v) is 18.6. The van der Waals surface area contributed by atoms with Crippen LogP contribution in [0.15, 0.2) is 70.8 Å². The number of nitrogens with zero attached hydrogens (tertiary/aromatic N) is 2. The second-order valence-electron chi connectivity index (χ2n) is 13.0.